The van der Waals surface area contributed by atoms with Crippen LogP contribution in [0.4, 0.5) is 0 Å². The fraction of sp³-hybridized carbons (Fsp3) is 0.486. The molecule has 3 aliphatic rings. The number of aromatic nitrogens is 1. The van der Waals surface area contributed by atoms with Gasteiger partial charge < -0.3 is 19.3 Å². The van der Waals surface area contributed by atoms with Gasteiger partial charge in [0, 0.05) is 55.9 Å². The molecule has 228 valence electrons. The maximum atomic E-state index is 13.1. The summed E-state index contributed by atoms with van der Waals surface area (Å²) in [6.45, 7) is 7.16. The smallest absolute Gasteiger partial charge is 0.246 e. The first-order valence-electron chi connectivity index (χ1n) is 15.9. The molecule has 0 bridgehead atoms. The number of rotatable bonds is 7. The Kier molecular flexibility index (Phi) is 9.76. The summed E-state index contributed by atoms with van der Waals surface area (Å²) in [6.07, 6.45) is 13.6. The molecule has 0 radical (unpaired) electrons. The molecule has 0 N–H and O–H groups in total. The van der Waals surface area contributed by atoms with Gasteiger partial charge in [-0.2, -0.15) is 0 Å². The number of amides is 2. The maximum absolute atomic E-state index is 13.1. The Hall–Kier alpha value is -2.80. The zero-order valence-electron chi connectivity index (χ0n) is 24.9. The first-order valence-corrected chi connectivity index (χ1v) is 16.7. The quantitative estimate of drug-likeness (QED) is 0.265. The summed E-state index contributed by atoms with van der Waals surface area (Å²) < 4.78 is 2.20. The molecule has 6 nitrogen and oxygen atoms in total. The van der Waals surface area contributed by atoms with Crippen LogP contribution in [0, 0.1) is 5.92 Å². The van der Waals surface area contributed by atoms with Crippen molar-refractivity contribution in [1.82, 2.24) is 19.3 Å². The molecule has 3 fully saturated rings. The number of para-hydroxylation sites is 1. The number of fused-ring (bicyclic) bond motifs is 1. The van der Waals surface area contributed by atoms with Crippen LogP contribution in [0.1, 0.15) is 62.0 Å². The van der Waals surface area contributed by atoms with E-state index in [0.29, 0.717) is 28.4 Å². The minimum absolute atomic E-state index is 0.0575. The molecular formula is C35H42Cl2N4O2. The third kappa shape index (κ3) is 7.30. The van der Waals surface area contributed by atoms with Crippen molar-refractivity contribution in [2.24, 2.45) is 5.92 Å². The predicted molar refractivity (Wildman–Crippen MR) is 176 cm³/mol. The summed E-state index contributed by atoms with van der Waals surface area (Å²) in [5.41, 5.74) is 3.46. The second-order valence-electron chi connectivity index (χ2n) is 12.5. The van der Waals surface area contributed by atoms with Gasteiger partial charge >= 0.3 is 0 Å². The minimum Gasteiger partial charge on any atom is -0.341 e. The molecule has 1 aromatic heterocycles. The van der Waals surface area contributed by atoms with E-state index in [4.69, 9.17) is 23.2 Å². The van der Waals surface area contributed by atoms with E-state index < -0.39 is 0 Å². The van der Waals surface area contributed by atoms with Crippen molar-refractivity contribution < 1.29 is 9.59 Å². The molecule has 3 aliphatic heterocycles. The highest BCUT2D eigenvalue weighted by molar-refractivity contribution is 6.42. The Bertz CT molecular complexity index is 1460. The molecular weight excluding hydrogens is 579 g/mol. The lowest BCUT2D eigenvalue weighted by atomic mass is 9.88. The van der Waals surface area contributed by atoms with E-state index in [1.54, 1.807) is 18.2 Å². The number of likely N-dealkylation sites (tertiary alicyclic amines) is 3. The Balaban J connectivity index is 0.989. The van der Waals surface area contributed by atoms with Crippen molar-refractivity contribution in [1.29, 1.82) is 0 Å². The third-order valence-corrected chi connectivity index (χ3v) is 10.4. The largest absolute Gasteiger partial charge is 0.341 e. The normalized spacial score (nSPS) is 19.5. The molecule has 2 aromatic carbocycles. The van der Waals surface area contributed by atoms with Crippen LogP contribution >= 0.6 is 23.2 Å². The lowest BCUT2D eigenvalue weighted by molar-refractivity contribution is -0.132. The highest BCUT2D eigenvalue weighted by atomic mass is 35.5. The van der Waals surface area contributed by atoms with Gasteiger partial charge in [-0.05, 0) is 105 Å². The summed E-state index contributed by atoms with van der Waals surface area (Å²) in [6, 6.07) is 14.0. The standard InChI is InChI=1S/C35H42Cl2N4O2/c36-31-10-8-26(22-32(31)37)9-11-34(42)40-20-12-27(13-21-40)23-38-18-14-28(15-19-38)30-24-41(33-7-3-2-6-29(30)33)25-35(43)39-16-4-1-5-17-39/h2-3,6-11,22,24,27-28H,1,4-5,12-21,23,25H2/b11-9+. The number of piperidine rings is 3. The zero-order chi connectivity index (χ0) is 29.8. The Morgan fingerprint density at radius 1 is 0.814 bits per heavy atom. The molecule has 0 spiro atoms. The predicted octanol–water partition coefficient (Wildman–Crippen LogP) is 7.09. The van der Waals surface area contributed by atoms with Gasteiger partial charge in [-0.1, -0.05) is 47.5 Å². The van der Waals surface area contributed by atoms with Gasteiger partial charge in [0.1, 0.15) is 6.54 Å². The second kappa shape index (κ2) is 13.9. The van der Waals surface area contributed by atoms with Crippen molar-refractivity contribution in [3.05, 3.63) is 75.9 Å². The van der Waals surface area contributed by atoms with Gasteiger partial charge in [0.05, 0.1) is 10.0 Å². The van der Waals surface area contributed by atoms with Crippen LogP contribution in [0.5, 0.6) is 0 Å². The van der Waals surface area contributed by atoms with Gasteiger partial charge in [-0.25, -0.2) is 0 Å². The Morgan fingerprint density at radius 2 is 1.56 bits per heavy atom. The number of hydrogen-bond acceptors (Lipinski definition) is 3. The molecule has 0 aliphatic carbocycles. The molecule has 4 heterocycles. The van der Waals surface area contributed by atoms with Crippen molar-refractivity contribution in [3.63, 3.8) is 0 Å². The highest BCUT2D eigenvalue weighted by Gasteiger charge is 2.28. The lowest BCUT2D eigenvalue weighted by Crippen LogP contribution is -2.42. The van der Waals surface area contributed by atoms with E-state index in [0.717, 1.165) is 89.9 Å². The topological polar surface area (TPSA) is 48.8 Å². The van der Waals surface area contributed by atoms with E-state index in [1.807, 2.05) is 21.9 Å². The van der Waals surface area contributed by atoms with Crippen LogP contribution in [0.15, 0.2) is 54.7 Å². The Labute approximate surface area is 265 Å². The van der Waals surface area contributed by atoms with Gasteiger partial charge in [0.15, 0.2) is 0 Å². The van der Waals surface area contributed by atoms with Crippen LogP contribution in [0.2, 0.25) is 10.0 Å². The first kappa shape index (κ1) is 30.2. The van der Waals surface area contributed by atoms with Gasteiger partial charge in [-0.3, -0.25) is 9.59 Å². The summed E-state index contributed by atoms with van der Waals surface area (Å²) >= 11 is 12.1. The van der Waals surface area contributed by atoms with Crippen molar-refractivity contribution in [2.45, 2.75) is 57.4 Å². The number of hydrogen-bond donors (Lipinski definition) is 0. The summed E-state index contributed by atoms with van der Waals surface area (Å²) in [5.74, 6) is 1.45. The van der Waals surface area contributed by atoms with Crippen LogP contribution in [0.3, 0.4) is 0 Å². The first-order chi connectivity index (χ1) is 20.9. The number of benzene rings is 2. The van der Waals surface area contributed by atoms with E-state index in [9.17, 15) is 9.59 Å². The fourth-order valence-corrected chi connectivity index (χ4v) is 7.44. The summed E-state index contributed by atoms with van der Waals surface area (Å²) in [7, 11) is 0. The molecule has 3 saturated heterocycles. The molecule has 8 heteroatoms. The van der Waals surface area contributed by atoms with Crippen molar-refractivity contribution >= 4 is 52.0 Å². The van der Waals surface area contributed by atoms with E-state index in [1.165, 1.54) is 22.9 Å². The number of halogens is 2. The van der Waals surface area contributed by atoms with Crippen LogP contribution in [-0.2, 0) is 16.1 Å². The van der Waals surface area contributed by atoms with Gasteiger partial charge in [0.25, 0.3) is 0 Å². The van der Waals surface area contributed by atoms with Crippen LogP contribution in [0.25, 0.3) is 17.0 Å². The zero-order valence-corrected chi connectivity index (χ0v) is 26.4. The van der Waals surface area contributed by atoms with Gasteiger partial charge in [0.2, 0.25) is 11.8 Å². The fourth-order valence-electron chi connectivity index (χ4n) is 7.14. The van der Waals surface area contributed by atoms with Gasteiger partial charge in [-0.15, -0.1) is 0 Å². The molecule has 0 saturated carbocycles. The number of carbonyl (C=O) groups excluding carboxylic acids is 2. The lowest BCUT2D eigenvalue weighted by Gasteiger charge is -2.37. The highest BCUT2D eigenvalue weighted by Crippen LogP contribution is 2.35. The molecule has 0 unspecified atom stereocenters. The maximum Gasteiger partial charge on any atom is 0.246 e. The average Bonchev–Trinajstić information content (AvgIpc) is 3.40. The molecule has 0 atom stereocenters. The van der Waals surface area contributed by atoms with Crippen molar-refractivity contribution in [3.8, 4) is 0 Å². The Morgan fingerprint density at radius 3 is 2.30 bits per heavy atom. The third-order valence-electron chi connectivity index (χ3n) is 9.67. The average molecular weight is 622 g/mol. The minimum atomic E-state index is 0.0575. The summed E-state index contributed by atoms with van der Waals surface area (Å²) in [5, 5.41) is 2.31. The molecule has 3 aromatic rings. The van der Waals surface area contributed by atoms with E-state index >= 15 is 0 Å². The van der Waals surface area contributed by atoms with E-state index in [-0.39, 0.29) is 11.8 Å². The number of nitrogens with zero attached hydrogens (tertiary/aromatic N) is 4. The van der Waals surface area contributed by atoms with Crippen molar-refractivity contribution in [2.75, 3.05) is 45.8 Å². The summed E-state index contributed by atoms with van der Waals surface area (Å²) in [4.78, 5) is 32.5. The monoisotopic (exact) mass is 620 g/mol. The molecule has 2 amide bonds. The van der Waals surface area contributed by atoms with Crippen LogP contribution in [-0.4, -0.2) is 76.9 Å². The number of carbonyl (C=O) groups is 2. The molecule has 43 heavy (non-hydrogen) atoms. The van der Waals surface area contributed by atoms with E-state index in [2.05, 4.69) is 39.9 Å². The SMILES string of the molecule is O=C(/C=C/c1ccc(Cl)c(Cl)c1)N1CCC(CN2CCC(c3cn(CC(=O)N4CCCCC4)c4ccccc34)CC2)CC1. The second-order valence-corrected chi connectivity index (χ2v) is 13.3. The molecule has 6 rings (SSSR count). The van der Waals surface area contributed by atoms with Crippen LogP contribution < -0.4 is 0 Å².